The van der Waals surface area contributed by atoms with Gasteiger partial charge in [0.05, 0.1) is 0 Å². The maximum Gasteiger partial charge on any atom is 0.0280 e. The van der Waals surface area contributed by atoms with E-state index < -0.39 is 0 Å². The molecule has 2 unspecified atom stereocenters. The van der Waals surface area contributed by atoms with Crippen LogP contribution in [0.5, 0.6) is 0 Å². The Labute approximate surface area is 75.5 Å². The first-order chi connectivity index (χ1) is 5.63. The predicted octanol–water partition coefficient (Wildman–Crippen LogP) is 1.17. The first-order valence-electron chi connectivity index (χ1n) is 5.12. The Balaban J connectivity index is 2.14. The second kappa shape index (κ2) is 2.71. The molecule has 12 heavy (non-hydrogen) atoms. The molecule has 0 aromatic heterocycles. The fraction of sp³-hybridized carbons (Fsp3) is 1.00. The highest BCUT2D eigenvalue weighted by Gasteiger charge is 2.42. The number of piperazine rings is 1. The third-order valence-corrected chi connectivity index (χ3v) is 3.53. The lowest BCUT2D eigenvalue weighted by molar-refractivity contribution is 0.0373. The van der Waals surface area contributed by atoms with Crippen LogP contribution < -0.4 is 0 Å². The Morgan fingerprint density at radius 2 is 2.17 bits per heavy atom. The molecule has 2 bridgehead atoms. The normalized spacial score (nSPS) is 40.2. The van der Waals surface area contributed by atoms with Gasteiger partial charge in [-0.25, -0.2) is 0 Å². The third-order valence-electron chi connectivity index (χ3n) is 3.53. The van der Waals surface area contributed by atoms with Gasteiger partial charge < -0.3 is 0 Å². The summed E-state index contributed by atoms with van der Waals surface area (Å²) in [7, 11) is 0. The number of likely N-dealkylation sites (N-methyl/N-ethyl adjacent to an activating group) is 1. The van der Waals surface area contributed by atoms with E-state index in [0.29, 0.717) is 5.54 Å². The largest absolute Gasteiger partial charge is 0.298 e. The van der Waals surface area contributed by atoms with Crippen LogP contribution in [0.3, 0.4) is 0 Å². The van der Waals surface area contributed by atoms with Crippen LogP contribution >= 0.6 is 0 Å². The van der Waals surface area contributed by atoms with Gasteiger partial charge in [-0.3, -0.25) is 9.80 Å². The molecule has 2 aliphatic heterocycles. The van der Waals surface area contributed by atoms with Crippen molar-refractivity contribution in [3.63, 3.8) is 0 Å². The van der Waals surface area contributed by atoms with Gasteiger partial charge >= 0.3 is 0 Å². The number of hydrogen-bond donors (Lipinski definition) is 0. The molecule has 0 radical (unpaired) electrons. The zero-order valence-electron chi connectivity index (χ0n) is 8.51. The molecule has 0 amide bonds. The molecule has 0 N–H and O–H groups in total. The van der Waals surface area contributed by atoms with E-state index in [0.717, 1.165) is 6.04 Å². The maximum absolute atomic E-state index is 2.64. The summed E-state index contributed by atoms with van der Waals surface area (Å²) in [6.07, 6.45) is 1.39. The van der Waals surface area contributed by atoms with Crippen LogP contribution in [0, 0.1) is 0 Å². The summed E-state index contributed by atoms with van der Waals surface area (Å²) < 4.78 is 0. The Kier molecular flexibility index (Phi) is 1.92. The SMILES string of the molecule is CCN1CC(C)(C)N2CCC1C2. The minimum Gasteiger partial charge on any atom is -0.298 e. The molecule has 2 aliphatic rings. The van der Waals surface area contributed by atoms with Crippen LogP contribution in [-0.4, -0.2) is 47.6 Å². The van der Waals surface area contributed by atoms with Crippen LogP contribution in [0.15, 0.2) is 0 Å². The Morgan fingerprint density at radius 1 is 1.42 bits per heavy atom. The summed E-state index contributed by atoms with van der Waals surface area (Å²) in [5.74, 6) is 0. The molecule has 0 saturated carbocycles. The zero-order valence-corrected chi connectivity index (χ0v) is 8.51. The molecule has 2 heterocycles. The van der Waals surface area contributed by atoms with Crippen molar-refractivity contribution in [3.8, 4) is 0 Å². The number of rotatable bonds is 1. The molecule has 2 rings (SSSR count). The summed E-state index contributed by atoms with van der Waals surface area (Å²) in [6, 6.07) is 0.864. The van der Waals surface area contributed by atoms with Crippen molar-refractivity contribution in [2.75, 3.05) is 26.2 Å². The highest BCUT2D eigenvalue weighted by atomic mass is 15.4. The number of fused-ring (bicyclic) bond motifs is 2. The van der Waals surface area contributed by atoms with Crippen molar-refractivity contribution in [2.24, 2.45) is 0 Å². The summed E-state index contributed by atoms with van der Waals surface area (Å²) in [5.41, 5.74) is 0.420. The van der Waals surface area contributed by atoms with Crippen LogP contribution in [0.1, 0.15) is 27.2 Å². The molecule has 0 aromatic carbocycles. The molecule has 2 saturated heterocycles. The van der Waals surface area contributed by atoms with Crippen LogP contribution in [0.4, 0.5) is 0 Å². The number of nitrogens with zero attached hydrogens (tertiary/aromatic N) is 2. The van der Waals surface area contributed by atoms with Crippen molar-refractivity contribution >= 4 is 0 Å². The van der Waals surface area contributed by atoms with Gasteiger partial charge in [-0.2, -0.15) is 0 Å². The van der Waals surface area contributed by atoms with Crippen molar-refractivity contribution in [1.82, 2.24) is 9.80 Å². The monoisotopic (exact) mass is 168 g/mol. The van der Waals surface area contributed by atoms with E-state index in [1.807, 2.05) is 0 Å². The van der Waals surface area contributed by atoms with E-state index in [4.69, 9.17) is 0 Å². The molecule has 2 heteroatoms. The molecule has 70 valence electrons. The lowest BCUT2D eigenvalue weighted by Gasteiger charge is -2.45. The highest BCUT2D eigenvalue weighted by Crippen LogP contribution is 2.30. The van der Waals surface area contributed by atoms with Gasteiger partial charge in [-0.1, -0.05) is 6.92 Å². The standard InChI is InChI=1S/C10H20N2/c1-4-11-8-10(2,3)12-6-5-9(11)7-12/h9H,4-8H2,1-3H3. The molecule has 0 aliphatic carbocycles. The highest BCUT2D eigenvalue weighted by molar-refractivity contribution is 4.99. The molecule has 2 nitrogen and oxygen atoms in total. The van der Waals surface area contributed by atoms with Crippen LogP contribution in [0.2, 0.25) is 0 Å². The summed E-state index contributed by atoms with van der Waals surface area (Å²) in [5, 5.41) is 0. The van der Waals surface area contributed by atoms with E-state index in [1.54, 1.807) is 0 Å². The van der Waals surface area contributed by atoms with Crippen molar-refractivity contribution in [1.29, 1.82) is 0 Å². The minimum atomic E-state index is 0.420. The predicted molar refractivity (Wildman–Crippen MR) is 51.3 cm³/mol. The zero-order chi connectivity index (χ0) is 8.77. The Morgan fingerprint density at radius 3 is 2.83 bits per heavy atom. The van der Waals surface area contributed by atoms with E-state index >= 15 is 0 Å². The second-order valence-electron chi connectivity index (χ2n) is 4.76. The third kappa shape index (κ3) is 1.17. The Bertz CT molecular complexity index is 177. The lowest BCUT2D eigenvalue weighted by Crippen LogP contribution is -2.58. The number of hydrogen-bond acceptors (Lipinski definition) is 2. The lowest BCUT2D eigenvalue weighted by atomic mass is 9.99. The van der Waals surface area contributed by atoms with Crippen LogP contribution in [-0.2, 0) is 0 Å². The average Bonchev–Trinajstić information content (AvgIpc) is 2.44. The fourth-order valence-electron chi connectivity index (χ4n) is 2.69. The second-order valence-corrected chi connectivity index (χ2v) is 4.76. The topological polar surface area (TPSA) is 6.48 Å². The molecular formula is C10H20N2. The van der Waals surface area contributed by atoms with Gasteiger partial charge in [0, 0.05) is 31.2 Å². The van der Waals surface area contributed by atoms with Gasteiger partial charge in [-0.15, -0.1) is 0 Å². The van der Waals surface area contributed by atoms with E-state index in [9.17, 15) is 0 Å². The summed E-state index contributed by atoms with van der Waals surface area (Å²) in [4.78, 5) is 5.29. The quantitative estimate of drug-likeness (QED) is 0.580. The fourth-order valence-corrected chi connectivity index (χ4v) is 2.69. The van der Waals surface area contributed by atoms with Gasteiger partial charge in [0.2, 0.25) is 0 Å². The first-order valence-corrected chi connectivity index (χ1v) is 5.12. The molecular weight excluding hydrogens is 148 g/mol. The minimum absolute atomic E-state index is 0.420. The smallest absolute Gasteiger partial charge is 0.0280 e. The van der Waals surface area contributed by atoms with E-state index in [-0.39, 0.29) is 0 Å². The summed E-state index contributed by atoms with van der Waals surface area (Å²) >= 11 is 0. The molecule has 2 fully saturated rings. The van der Waals surface area contributed by atoms with Gasteiger partial charge in [0.25, 0.3) is 0 Å². The van der Waals surface area contributed by atoms with Gasteiger partial charge in [0.1, 0.15) is 0 Å². The van der Waals surface area contributed by atoms with Crippen LogP contribution in [0.25, 0.3) is 0 Å². The van der Waals surface area contributed by atoms with E-state index in [2.05, 4.69) is 30.6 Å². The Hall–Kier alpha value is -0.0800. The van der Waals surface area contributed by atoms with Gasteiger partial charge in [0.15, 0.2) is 0 Å². The van der Waals surface area contributed by atoms with Crippen molar-refractivity contribution in [3.05, 3.63) is 0 Å². The van der Waals surface area contributed by atoms with Gasteiger partial charge in [-0.05, 0) is 26.8 Å². The summed E-state index contributed by atoms with van der Waals surface area (Å²) in [6.45, 7) is 12.1. The van der Waals surface area contributed by atoms with E-state index in [1.165, 1.54) is 32.6 Å². The first kappa shape index (κ1) is 8.52. The average molecular weight is 168 g/mol. The maximum atomic E-state index is 2.64. The molecule has 0 spiro atoms. The van der Waals surface area contributed by atoms with Crippen molar-refractivity contribution < 1.29 is 0 Å². The molecule has 0 aromatic rings. The van der Waals surface area contributed by atoms with Crippen molar-refractivity contribution in [2.45, 2.75) is 38.8 Å². The molecule has 2 atom stereocenters.